The molecule has 3 aromatic rings. The van der Waals surface area contributed by atoms with Crippen LogP contribution in [0.4, 0.5) is 0 Å². The summed E-state index contributed by atoms with van der Waals surface area (Å²) in [4.78, 5) is 7.07. The van der Waals surface area contributed by atoms with Crippen LogP contribution in [0, 0.1) is 0 Å². The number of hydrogen-bond acceptors (Lipinski definition) is 6. The van der Waals surface area contributed by atoms with Gasteiger partial charge in [-0.3, -0.25) is 4.90 Å². The van der Waals surface area contributed by atoms with Gasteiger partial charge in [-0.15, -0.1) is 0 Å². The van der Waals surface area contributed by atoms with Gasteiger partial charge in [-0.25, -0.2) is 8.42 Å². The van der Waals surface area contributed by atoms with Crippen molar-refractivity contribution in [3.05, 3.63) is 66.1 Å². The monoisotopic (exact) mass is 440 g/mol. The smallest absolute Gasteiger partial charge is 0.244 e. The molecule has 0 radical (unpaired) electrons. The van der Waals surface area contributed by atoms with Crippen LogP contribution in [0.2, 0.25) is 0 Å². The summed E-state index contributed by atoms with van der Waals surface area (Å²) < 4.78 is 33.1. The molecule has 1 fully saturated rings. The van der Waals surface area contributed by atoms with Gasteiger partial charge < -0.3 is 4.52 Å². The molecule has 1 saturated heterocycles. The molecule has 7 nitrogen and oxygen atoms in total. The molecular formula is C23H28N4O3S. The predicted octanol–water partition coefficient (Wildman–Crippen LogP) is 3.93. The van der Waals surface area contributed by atoms with Gasteiger partial charge in [0.25, 0.3) is 0 Å². The lowest BCUT2D eigenvalue weighted by Crippen LogP contribution is -2.49. The lowest BCUT2D eigenvalue weighted by atomic mass is 10.0. The van der Waals surface area contributed by atoms with Crippen LogP contribution < -0.4 is 0 Å². The SMILES string of the molecule is CC(C)c1ccc(S(=O)(=O)N2CCN(C(C)c3nc(-c4ccccc4)no3)CC2)cc1. The zero-order chi connectivity index (χ0) is 22.0. The van der Waals surface area contributed by atoms with E-state index in [0.717, 1.165) is 11.1 Å². The van der Waals surface area contributed by atoms with Crippen molar-refractivity contribution in [2.45, 2.75) is 37.6 Å². The Hall–Kier alpha value is -2.55. The molecule has 0 bridgehead atoms. The Kier molecular flexibility index (Phi) is 6.22. The number of nitrogens with zero attached hydrogens (tertiary/aromatic N) is 4. The van der Waals surface area contributed by atoms with Crippen molar-refractivity contribution < 1.29 is 12.9 Å². The Morgan fingerprint density at radius 2 is 1.55 bits per heavy atom. The minimum atomic E-state index is -3.49. The summed E-state index contributed by atoms with van der Waals surface area (Å²) in [5.74, 6) is 1.47. The Morgan fingerprint density at radius 3 is 2.16 bits per heavy atom. The average Bonchev–Trinajstić information content (AvgIpc) is 3.30. The van der Waals surface area contributed by atoms with Gasteiger partial charge >= 0.3 is 0 Å². The first-order valence-electron chi connectivity index (χ1n) is 10.6. The van der Waals surface area contributed by atoms with Crippen LogP contribution in [0.1, 0.15) is 44.2 Å². The van der Waals surface area contributed by atoms with E-state index < -0.39 is 10.0 Å². The fourth-order valence-corrected chi connectivity index (χ4v) is 5.19. The summed E-state index contributed by atoms with van der Waals surface area (Å²) in [7, 11) is -3.49. The van der Waals surface area contributed by atoms with Crippen molar-refractivity contribution in [3.8, 4) is 11.4 Å². The fourth-order valence-electron chi connectivity index (χ4n) is 3.77. The minimum Gasteiger partial charge on any atom is -0.337 e. The van der Waals surface area contributed by atoms with Gasteiger partial charge in [0.2, 0.25) is 21.7 Å². The number of rotatable bonds is 6. The molecule has 2 aromatic carbocycles. The highest BCUT2D eigenvalue weighted by Crippen LogP contribution is 2.26. The minimum absolute atomic E-state index is 0.0832. The molecule has 0 amide bonds. The first-order valence-corrected chi connectivity index (χ1v) is 12.0. The molecule has 1 aliphatic heterocycles. The lowest BCUT2D eigenvalue weighted by Gasteiger charge is -2.36. The normalized spacial score (nSPS) is 17.2. The van der Waals surface area contributed by atoms with E-state index in [9.17, 15) is 8.42 Å². The van der Waals surface area contributed by atoms with Gasteiger partial charge in [0.05, 0.1) is 10.9 Å². The molecule has 1 aliphatic rings. The zero-order valence-corrected chi connectivity index (χ0v) is 18.9. The summed E-state index contributed by atoms with van der Waals surface area (Å²) in [5.41, 5.74) is 2.04. The Bertz CT molecular complexity index is 1100. The third-order valence-electron chi connectivity index (χ3n) is 5.84. The third kappa shape index (κ3) is 4.56. The summed E-state index contributed by atoms with van der Waals surface area (Å²) in [5, 5.41) is 4.10. The number of sulfonamides is 1. The third-order valence-corrected chi connectivity index (χ3v) is 7.75. The first-order chi connectivity index (χ1) is 14.9. The Balaban J connectivity index is 1.40. The van der Waals surface area contributed by atoms with Crippen LogP contribution in [-0.4, -0.2) is 53.9 Å². The van der Waals surface area contributed by atoms with Gasteiger partial charge in [0, 0.05) is 31.7 Å². The highest BCUT2D eigenvalue weighted by atomic mass is 32.2. The molecule has 4 rings (SSSR count). The van der Waals surface area contributed by atoms with E-state index in [-0.39, 0.29) is 6.04 Å². The number of piperazine rings is 1. The highest BCUT2D eigenvalue weighted by molar-refractivity contribution is 7.89. The van der Waals surface area contributed by atoms with Crippen molar-refractivity contribution in [2.24, 2.45) is 0 Å². The van der Waals surface area contributed by atoms with Crippen LogP contribution in [0.3, 0.4) is 0 Å². The van der Waals surface area contributed by atoms with Crippen LogP contribution >= 0.6 is 0 Å². The van der Waals surface area contributed by atoms with E-state index in [2.05, 4.69) is 28.9 Å². The van der Waals surface area contributed by atoms with Crippen LogP contribution in [0.5, 0.6) is 0 Å². The summed E-state index contributed by atoms with van der Waals surface area (Å²) in [6.45, 7) is 8.26. The lowest BCUT2D eigenvalue weighted by molar-refractivity contribution is 0.124. The van der Waals surface area contributed by atoms with E-state index in [1.807, 2.05) is 49.4 Å². The van der Waals surface area contributed by atoms with Gasteiger partial charge in [0.15, 0.2) is 0 Å². The maximum absolute atomic E-state index is 13.0. The molecule has 2 heterocycles. The first kappa shape index (κ1) is 21.7. The largest absolute Gasteiger partial charge is 0.337 e. The molecule has 1 aromatic heterocycles. The van der Waals surface area contributed by atoms with Crippen molar-refractivity contribution in [2.75, 3.05) is 26.2 Å². The standard InChI is InChI=1S/C23H28N4O3S/c1-17(2)19-9-11-21(12-10-19)31(28,29)27-15-13-26(14-16-27)18(3)23-24-22(25-30-23)20-7-5-4-6-8-20/h4-12,17-18H,13-16H2,1-3H3. The van der Waals surface area contributed by atoms with Crippen molar-refractivity contribution in [1.29, 1.82) is 0 Å². The van der Waals surface area contributed by atoms with E-state index >= 15 is 0 Å². The molecule has 8 heteroatoms. The highest BCUT2D eigenvalue weighted by Gasteiger charge is 2.32. The molecule has 0 N–H and O–H groups in total. The van der Waals surface area contributed by atoms with Crippen molar-refractivity contribution in [1.82, 2.24) is 19.3 Å². The second-order valence-electron chi connectivity index (χ2n) is 8.16. The number of benzene rings is 2. The van der Waals surface area contributed by atoms with Crippen LogP contribution in [0.25, 0.3) is 11.4 Å². The zero-order valence-electron chi connectivity index (χ0n) is 18.1. The molecule has 0 saturated carbocycles. The van der Waals surface area contributed by atoms with Gasteiger partial charge in [-0.1, -0.05) is 61.5 Å². The molecule has 0 spiro atoms. The topological polar surface area (TPSA) is 79.5 Å². The van der Waals surface area contributed by atoms with Gasteiger partial charge in [-0.05, 0) is 30.5 Å². The molecular weight excluding hydrogens is 412 g/mol. The maximum Gasteiger partial charge on any atom is 0.244 e. The second-order valence-corrected chi connectivity index (χ2v) is 10.1. The summed E-state index contributed by atoms with van der Waals surface area (Å²) in [6, 6.07) is 16.8. The van der Waals surface area contributed by atoms with Crippen molar-refractivity contribution >= 4 is 10.0 Å². The van der Waals surface area contributed by atoms with Crippen LogP contribution in [0.15, 0.2) is 64.0 Å². The van der Waals surface area contributed by atoms with E-state index in [4.69, 9.17) is 4.52 Å². The van der Waals surface area contributed by atoms with E-state index in [1.165, 1.54) is 0 Å². The van der Waals surface area contributed by atoms with Gasteiger partial charge in [0.1, 0.15) is 0 Å². The number of aromatic nitrogens is 2. The molecule has 31 heavy (non-hydrogen) atoms. The predicted molar refractivity (Wildman–Crippen MR) is 119 cm³/mol. The Labute approximate surface area is 183 Å². The fraction of sp³-hybridized carbons (Fsp3) is 0.391. The van der Waals surface area contributed by atoms with Crippen molar-refractivity contribution in [3.63, 3.8) is 0 Å². The summed E-state index contributed by atoms with van der Waals surface area (Å²) >= 11 is 0. The van der Waals surface area contributed by atoms with E-state index in [1.54, 1.807) is 16.4 Å². The molecule has 164 valence electrons. The molecule has 0 aliphatic carbocycles. The number of hydrogen-bond donors (Lipinski definition) is 0. The average molecular weight is 441 g/mol. The maximum atomic E-state index is 13.0. The summed E-state index contributed by atoms with van der Waals surface area (Å²) in [6.07, 6.45) is 0. The van der Waals surface area contributed by atoms with E-state index in [0.29, 0.717) is 48.7 Å². The van der Waals surface area contributed by atoms with Gasteiger partial charge in [-0.2, -0.15) is 9.29 Å². The second kappa shape index (κ2) is 8.90. The van der Waals surface area contributed by atoms with Crippen LogP contribution in [-0.2, 0) is 10.0 Å². The molecule has 1 atom stereocenters. The molecule has 1 unspecified atom stereocenters. The quantitative estimate of drug-likeness (QED) is 0.578. The Morgan fingerprint density at radius 1 is 0.903 bits per heavy atom.